The number of aliphatic carboxylic acids is 1. The van der Waals surface area contributed by atoms with E-state index >= 15 is 0 Å². The van der Waals surface area contributed by atoms with E-state index in [4.69, 9.17) is 5.11 Å². The monoisotopic (exact) mass is 294 g/mol. The second-order valence-electron chi connectivity index (χ2n) is 5.50. The second-order valence-corrected chi connectivity index (χ2v) is 5.50. The van der Waals surface area contributed by atoms with E-state index in [-0.39, 0.29) is 18.0 Å². The highest BCUT2D eigenvalue weighted by atomic mass is 16.4. The Balaban J connectivity index is 1.69. The zero-order valence-electron chi connectivity index (χ0n) is 12.2. The SMILES string of the molecule is Cn1ccnc1CCNC(=O)NC1CCCC(C(=O)O)C1. The molecule has 1 aliphatic rings. The van der Waals surface area contributed by atoms with Crippen molar-refractivity contribution < 1.29 is 14.7 Å². The summed E-state index contributed by atoms with van der Waals surface area (Å²) in [7, 11) is 1.91. The van der Waals surface area contributed by atoms with Gasteiger partial charge >= 0.3 is 12.0 Å². The number of hydrogen-bond donors (Lipinski definition) is 3. The van der Waals surface area contributed by atoms with E-state index in [1.807, 2.05) is 17.8 Å². The summed E-state index contributed by atoms with van der Waals surface area (Å²) >= 11 is 0. The molecular formula is C14H22N4O3. The molecule has 2 unspecified atom stereocenters. The molecule has 3 N–H and O–H groups in total. The van der Waals surface area contributed by atoms with E-state index in [1.54, 1.807) is 6.20 Å². The topological polar surface area (TPSA) is 96.3 Å². The molecule has 7 nitrogen and oxygen atoms in total. The van der Waals surface area contributed by atoms with Gasteiger partial charge in [-0.05, 0) is 19.3 Å². The number of carbonyl (C=O) groups excluding carboxylic acids is 1. The molecule has 0 bridgehead atoms. The Morgan fingerprint density at radius 3 is 2.95 bits per heavy atom. The van der Waals surface area contributed by atoms with Crippen molar-refractivity contribution in [2.75, 3.05) is 6.54 Å². The van der Waals surface area contributed by atoms with Crippen LogP contribution in [-0.4, -0.2) is 39.2 Å². The molecule has 21 heavy (non-hydrogen) atoms. The fraction of sp³-hybridized carbons (Fsp3) is 0.643. The lowest BCUT2D eigenvalue weighted by atomic mass is 9.86. The number of nitrogens with one attached hydrogen (secondary N) is 2. The molecule has 1 fully saturated rings. The maximum atomic E-state index is 11.8. The van der Waals surface area contributed by atoms with Crippen molar-refractivity contribution in [1.29, 1.82) is 0 Å². The smallest absolute Gasteiger partial charge is 0.315 e. The van der Waals surface area contributed by atoms with Crippen LogP contribution >= 0.6 is 0 Å². The molecule has 2 rings (SSSR count). The number of hydrogen-bond acceptors (Lipinski definition) is 3. The standard InChI is InChI=1S/C14H22N4O3/c1-18-8-7-15-12(18)5-6-16-14(21)17-11-4-2-3-10(9-11)13(19)20/h7-8,10-11H,2-6,9H2,1H3,(H,19,20)(H2,16,17,21). The lowest BCUT2D eigenvalue weighted by Crippen LogP contribution is -2.45. The molecule has 0 aliphatic heterocycles. The highest BCUT2D eigenvalue weighted by Gasteiger charge is 2.27. The first-order chi connectivity index (χ1) is 10.1. The molecule has 1 aromatic heterocycles. The first-order valence-electron chi connectivity index (χ1n) is 7.29. The van der Waals surface area contributed by atoms with Gasteiger partial charge in [0.05, 0.1) is 5.92 Å². The van der Waals surface area contributed by atoms with Crippen LogP contribution in [0.25, 0.3) is 0 Å². The van der Waals surface area contributed by atoms with E-state index < -0.39 is 5.97 Å². The van der Waals surface area contributed by atoms with Gasteiger partial charge in [0, 0.05) is 38.4 Å². The molecule has 1 aliphatic carbocycles. The molecule has 2 atom stereocenters. The van der Waals surface area contributed by atoms with Crippen molar-refractivity contribution in [2.45, 2.75) is 38.1 Å². The van der Waals surface area contributed by atoms with Gasteiger partial charge in [-0.15, -0.1) is 0 Å². The van der Waals surface area contributed by atoms with Crippen molar-refractivity contribution in [3.05, 3.63) is 18.2 Å². The third-order valence-electron chi connectivity index (χ3n) is 3.91. The van der Waals surface area contributed by atoms with Gasteiger partial charge in [-0.25, -0.2) is 9.78 Å². The predicted molar refractivity (Wildman–Crippen MR) is 76.8 cm³/mol. The minimum Gasteiger partial charge on any atom is -0.481 e. The van der Waals surface area contributed by atoms with Crippen molar-refractivity contribution >= 4 is 12.0 Å². The molecule has 7 heteroatoms. The van der Waals surface area contributed by atoms with E-state index in [0.717, 1.165) is 18.7 Å². The molecule has 0 aromatic carbocycles. The van der Waals surface area contributed by atoms with Crippen LogP contribution in [0.3, 0.4) is 0 Å². The molecule has 1 aromatic rings. The number of carboxylic acids is 1. The number of urea groups is 1. The summed E-state index contributed by atoms with van der Waals surface area (Å²) in [6, 6.07) is -0.284. The van der Waals surface area contributed by atoms with Crippen molar-refractivity contribution in [2.24, 2.45) is 13.0 Å². The van der Waals surface area contributed by atoms with Crippen LogP contribution in [-0.2, 0) is 18.3 Å². The zero-order chi connectivity index (χ0) is 15.2. The number of carbonyl (C=O) groups is 2. The third kappa shape index (κ3) is 4.47. The number of nitrogens with zero attached hydrogens (tertiary/aromatic N) is 2. The lowest BCUT2D eigenvalue weighted by Gasteiger charge is -2.27. The van der Waals surface area contributed by atoms with Crippen molar-refractivity contribution in [1.82, 2.24) is 20.2 Å². The summed E-state index contributed by atoms with van der Waals surface area (Å²) < 4.78 is 1.91. The number of imidazole rings is 1. The van der Waals surface area contributed by atoms with Crippen LogP contribution < -0.4 is 10.6 Å². The van der Waals surface area contributed by atoms with Gasteiger partial charge in [-0.1, -0.05) is 6.42 Å². The van der Waals surface area contributed by atoms with Gasteiger partial charge in [0.1, 0.15) is 5.82 Å². The molecule has 2 amide bonds. The maximum absolute atomic E-state index is 11.8. The van der Waals surface area contributed by atoms with Gasteiger partial charge in [-0.3, -0.25) is 4.79 Å². The van der Waals surface area contributed by atoms with Crippen LogP contribution in [0.1, 0.15) is 31.5 Å². The number of amides is 2. The zero-order valence-corrected chi connectivity index (χ0v) is 12.2. The van der Waals surface area contributed by atoms with Gasteiger partial charge in [-0.2, -0.15) is 0 Å². The molecule has 1 heterocycles. The Labute approximate surface area is 123 Å². The van der Waals surface area contributed by atoms with Gasteiger partial charge in [0.15, 0.2) is 0 Å². The Hall–Kier alpha value is -2.05. The highest BCUT2D eigenvalue weighted by molar-refractivity contribution is 5.74. The number of aromatic nitrogens is 2. The van der Waals surface area contributed by atoms with Gasteiger partial charge in [0.2, 0.25) is 0 Å². The minimum absolute atomic E-state index is 0.0481. The summed E-state index contributed by atoms with van der Waals surface area (Å²) in [5.74, 6) is -0.188. The summed E-state index contributed by atoms with van der Waals surface area (Å²) in [4.78, 5) is 27.0. The summed E-state index contributed by atoms with van der Waals surface area (Å²) in [6.07, 6.45) is 7.16. The number of aryl methyl sites for hydroxylation is 1. The molecule has 0 saturated heterocycles. The summed E-state index contributed by atoms with van der Waals surface area (Å²) in [6.45, 7) is 0.506. The van der Waals surface area contributed by atoms with Crippen LogP contribution in [0, 0.1) is 5.92 Å². The first kappa shape index (κ1) is 15.3. The average Bonchev–Trinajstić information content (AvgIpc) is 2.85. The van der Waals surface area contributed by atoms with Crippen molar-refractivity contribution in [3.8, 4) is 0 Å². The molecule has 0 spiro atoms. The molecular weight excluding hydrogens is 272 g/mol. The van der Waals surface area contributed by atoms with Crippen LogP contribution in [0.5, 0.6) is 0 Å². The van der Waals surface area contributed by atoms with Crippen LogP contribution in [0.4, 0.5) is 4.79 Å². The van der Waals surface area contributed by atoms with Crippen molar-refractivity contribution in [3.63, 3.8) is 0 Å². The average molecular weight is 294 g/mol. The van der Waals surface area contributed by atoms with Crippen LogP contribution in [0.2, 0.25) is 0 Å². The van der Waals surface area contributed by atoms with E-state index in [2.05, 4.69) is 15.6 Å². The highest BCUT2D eigenvalue weighted by Crippen LogP contribution is 2.24. The van der Waals surface area contributed by atoms with Gasteiger partial charge < -0.3 is 20.3 Å². The molecule has 0 radical (unpaired) electrons. The second kappa shape index (κ2) is 7.10. The van der Waals surface area contributed by atoms with E-state index in [1.165, 1.54) is 0 Å². The number of rotatable bonds is 5. The van der Waals surface area contributed by atoms with Crippen LogP contribution in [0.15, 0.2) is 12.4 Å². The summed E-state index contributed by atoms with van der Waals surface area (Å²) in [5, 5.41) is 14.7. The molecule has 1 saturated carbocycles. The Kier molecular flexibility index (Phi) is 5.19. The first-order valence-corrected chi connectivity index (χ1v) is 7.29. The summed E-state index contributed by atoms with van der Waals surface area (Å²) in [5.41, 5.74) is 0. The Bertz CT molecular complexity index is 500. The van der Waals surface area contributed by atoms with E-state index in [0.29, 0.717) is 25.8 Å². The fourth-order valence-corrected chi connectivity index (χ4v) is 2.71. The fourth-order valence-electron chi connectivity index (χ4n) is 2.71. The lowest BCUT2D eigenvalue weighted by molar-refractivity contribution is -0.143. The largest absolute Gasteiger partial charge is 0.481 e. The normalized spacial score (nSPS) is 21.8. The third-order valence-corrected chi connectivity index (χ3v) is 3.91. The Morgan fingerprint density at radius 1 is 1.48 bits per heavy atom. The molecule has 116 valence electrons. The Morgan fingerprint density at radius 2 is 2.29 bits per heavy atom. The van der Waals surface area contributed by atoms with Gasteiger partial charge in [0.25, 0.3) is 0 Å². The quantitative estimate of drug-likeness (QED) is 0.752. The number of carboxylic acid groups (broad SMARTS) is 1. The minimum atomic E-state index is -0.767. The van der Waals surface area contributed by atoms with E-state index in [9.17, 15) is 9.59 Å². The predicted octanol–water partition coefficient (Wildman–Crippen LogP) is 0.905. The maximum Gasteiger partial charge on any atom is 0.315 e.